The Hall–Kier alpha value is -2.24. The fourth-order valence-corrected chi connectivity index (χ4v) is 2.10. The second-order valence-electron chi connectivity index (χ2n) is 4.52. The molecule has 2 N–H and O–H groups in total. The molecule has 1 aromatic carbocycles. The zero-order valence-electron chi connectivity index (χ0n) is 11.6. The van der Waals surface area contributed by atoms with E-state index in [1.165, 1.54) is 11.0 Å². The number of aliphatic hydroxyl groups excluding tert-OH is 2. The van der Waals surface area contributed by atoms with Gasteiger partial charge in [-0.25, -0.2) is 0 Å². The molecular weight excluding hydrogens is 268 g/mol. The van der Waals surface area contributed by atoms with Crippen LogP contribution in [0.5, 0.6) is 0 Å². The van der Waals surface area contributed by atoms with Gasteiger partial charge in [0, 0.05) is 30.7 Å². The molecule has 5 nitrogen and oxygen atoms in total. The number of hydrogen-bond donors (Lipinski definition) is 2. The third-order valence-electron chi connectivity index (χ3n) is 3.14. The maximum absolute atomic E-state index is 12.0. The van der Waals surface area contributed by atoms with Crippen LogP contribution in [0.3, 0.4) is 0 Å². The first kappa shape index (κ1) is 15.2. The van der Waals surface area contributed by atoms with E-state index in [-0.39, 0.29) is 32.2 Å². The van der Waals surface area contributed by atoms with E-state index in [2.05, 4.69) is 4.98 Å². The number of rotatable bonds is 6. The quantitative estimate of drug-likeness (QED) is 0.779. The SMILES string of the molecule is O=C(/C=C/c1ccnc2ccccc12)N(CCO)CCO. The van der Waals surface area contributed by atoms with Gasteiger partial charge < -0.3 is 15.1 Å². The molecule has 1 aromatic heterocycles. The number of carbonyl (C=O) groups is 1. The molecule has 110 valence electrons. The summed E-state index contributed by atoms with van der Waals surface area (Å²) in [6, 6.07) is 9.55. The average molecular weight is 286 g/mol. The van der Waals surface area contributed by atoms with Crippen LogP contribution in [-0.4, -0.2) is 52.3 Å². The summed E-state index contributed by atoms with van der Waals surface area (Å²) < 4.78 is 0. The second-order valence-corrected chi connectivity index (χ2v) is 4.52. The van der Waals surface area contributed by atoms with Gasteiger partial charge in [0.05, 0.1) is 18.7 Å². The molecule has 0 saturated carbocycles. The molecule has 0 atom stereocenters. The molecule has 1 heterocycles. The fourth-order valence-electron chi connectivity index (χ4n) is 2.10. The highest BCUT2D eigenvalue weighted by Crippen LogP contribution is 2.17. The predicted octanol–water partition coefficient (Wildman–Crippen LogP) is 1.06. The summed E-state index contributed by atoms with van der Waals surface area (Å²) in [6.45, 7) is 0.164. The second kappa shape index (κ2) is 7.52. The highest BCUT2D eigenvalue weighted by Gasteiger charge is 2.09. The number of amides is 1. The Morgan fingerprint density at radius 3 is 2.57 bits per heavy atom. The Balaban J connectivity index is 2.20. The average Bonchev–Trinajstić information content (AvgIpc) is 2.52. The van der Waals surface area contributed by atoms with Crippen LogP contribution >= 0.6 is 0 Å². The monoisotopic (exact) mass is 286 g/mol. The number of para-hydroxylation sites is 1. The topological polar surface area (TPSA) is 73.7 Å². The maximum Gasteiger partial charge on any atom is 0.246 e. The van der Waals surface area contributed by atoms with Crippen molar-refractivity contribution in [1.29, 1.82) is 0 Å². The molecule has 21 heavy (non-hydrogen) atoms. The van der Waals surface area contributed by atoms with Crippen LogP contribution in [0.4, 0.5) is 0 Å². The van der Waals surface area contributed by atoms with E-state index in [0.717, 1.165) is 16.5 Å². The van der Waals surface area contributed by atoms with Gasteiger partial charge in [-0.15, -0.1) is 0 Å². The van der Waals surface area contributed by atoms with E-state index in [0.29, 0.717) is 0 Å². The molecule has 0 unspecified atom stereocenters. The minimum atomic E-state index is -0.237. The lowest BCUT2D eigenvalue weighted by molar-refractivity contribution is -0.126. The van der Waals surface area contributed by atoms with Gasteiger partial charge in [0.2, 0.25) is 5.91 Å². The van der Waals surface area contributed by atoms with Crippen LogP contribution in [0.1, 0.15) is 5.56 Å². The van der Waals surface area contributed by atoms with Crippen LogP contribution < -0.4 is 0 Å². The number of aromatic nitrogens is 1. The van der Waals surface area contributed by atoms with Gasteiger partial charge >= 0.3 is 0 Å². The van der Waals surface area contributed by atoms with E-state index in [9.17, 15) is 4.79 Å². The summed E-state index contributed by atoms with van der Waals surface area (Å²) in [5, 5.41) is 18.8. The van der Waals surface area contributed by atoms with E-state index < -0.39 is 0 Å². The lowest BCUT2D eigenvalue weighted by atomic mass is 10.1. The normalized spacial score (nSPS) is 11.1. The van der Waals surface area contributed by atoms with Crippen molar-refractivity contribution in [3.63, 3.8) is 0 Å². The molecular formula is C16H18N2O3. The molecule has 0 bridgehead atoms. The van der Waals surface area contributed by atoms with Gasteiger partial charge in [0.15, 0.2) is 0 Å². The molecule has 0 radical (unpaired) electrons. The molecule has 0 saturated heterocycles. The van der Waals surface area contributed by atoms with Crippen molar-refractivity contribution in [2.45, 2.75) is 0 Å². The summed E-state index contributed by atoms with van der Waals surface area (Å²) in [5.41, 5.74) is 1.77. The van der Waals surface area contributed by atoms with Crippen LogP contribution in [-0.2, 0) is 4.79 Å². The van der Waals surface area contributed by atoms with Crippen molar-refractivity contribution in [1.82, 2.24) is 9.88 Å². The molecule has 0 aliphatic heterocycles. The van der Waals surface area contributed by atoms with E-state index in [1.54, 1.807) is 12.3 Å². The summed E-state index contributed by atoms with van der Waals surface area (Å²) in [7, 11) is 0. The number of pyridine rings is 1. The summed E-state index contributed by atoms with van der Waals surface area (Å²) in [6.07, 6.45) is 4.88. The summed E-state index contributed by atoms with van der Waals surface area (Å²) in [5.74, 6) is -0.237. The highest BCUT2D eigenvalue weighted by atomic mass is 16.3. The zero-order valence-corrected chi connectivity index (χ0v) is 11.6. The lowest BCUT2D eigenvalue weighted by Gasteiger charge is -2.18. The fraction of sp³-hybridized carbons (Fsp3) is 0.250. The first-order chi connectivity index (χ1) is 10.3. The molecule has 0 fully saturated rings. The smallest absolute Gasteiger partial charge is 0.246 e. The number of nitrogens with zero attached hydrogens (tertiary/aromatic N) is 2. The van der Waals surface area contributed by atoms with Crippen molar-refractivity contribution >= 4 is 22.9 Å². The Bertz CT molecular complexity index is 629. The van der Waals surface area contributed by atoms with E-state index in [4.69, 9.17) is 10.2 Å². The largest absolute Gasteiger partial charge is 0.395 e. The van der Waals surface area contributed by atoms with E-state index in [1.807, 2.05) is 30.3 Å². The van der Waals surface area contributed by atoms with Crippen LogP contribution in [0.15, 0.2) is 42.6 Å². The molecule has 0 spiro atoms. The van der Waals surface area contributed by atoms with Crippen molar-refractivity contribution in [2.24, 2.45) is 0 Å². The zero-order chi connectivity index (χ0) is 15.1. The van der Waals surface area contributed by atoms with Crippen molar-refractivity contribution in [3.8, 4) is 0 Å². The number of fused-ring (bicyclic) bond motifs is 1. The van der Waals surface area contributed by atoms with Gasteiger partial charge in [-0.1, -0.05) is 18.2 Å². The minimum Gasteiger partial charge on any atom is -0.395 e. The third kappa shape index (κ3) is 3.87. The van der Waals surface area contributed by atoms with Crippen LogP contribution in [0.25, 0.3) is 17.0 Å². The van der Waals surface area contributed by atoms with Crippen molar-refractivity contribution in [3.05, 3.63) is 48.2 Å². The minimum absolute atomic E-state index is 0.127. The molecule has 2 rings (SSSR count). The van der Waals surface area contributed by atoms with Gasteiger partial charge in [-0.3, -0.25) is 9.78 Å². The lowest BCUT2D eigenvalue weighted by Crippen LogP contribution is -2.34. The predicted molar refractivity (Wildman–Crippen MR) is 81.5 cm³/mol. The molecule has 0 aliphatic rings. The van der Waals surface area contributed by atoms with E-state index >= 15 is 0 Å². The number of benzene rings is 1. The summed E-state index contributed by atoms with van der Waals surface area (Å²) >= 11 is 0. The first-order valence-corrected chi connectivity index (χ1v) is 6.78. The molecule has 0 aliphatic carbocycles. The van der Waals surface area contributed by atoms with Gasteiger partial charge in [0.25, 0.3) is 0 Å². The van der Waals surface area contributed by atoms with Crippen molar-refractivity contribution < 1.29 is 15.0 Å². The van der Waals surface area contributed by atoms with Crippen LogP contribution in [0.2, 0.25) is 0 Å². The van der Waals surface area contributed by atoms with Gasteiger partial charge in [0.1, 0.15) is 0 Å². The Labute approximate surface area is 123 Å². The molecule has 2 aromatic rings. The number of aliphatic hydroxyl groups is 2. The Morgan fingerprint density at radius 2 is 1.86 bits per heavy atom. The highest BCUT2D eigenvalue weighted by molar-refractivity contribution is 5.95. The maximum atomic E-state index is 12.0. The summed E-state index contributed by atoms with van der Waals surface area (Å²) in [4.78, 5) is 17.7. The van der Waals surface area contributed by atoms with Crippen LogP contribution in [0, 0.1) is 0 Å². The number of carbonyl (C=O) groups excluding carboxylic acids is 1. The number of hydrogen-bond acceptors (Lipinski definition) is 4. The van der Waals surface area contributed by atoms with Gasteiger partial charge in [-0.05, 0) is 23.8 Å². The Kier molecular flexibility index (Phi) is 5.43. The van der Waals surface area contributed by atoms with Gasteiger partial charge in [-0.2, -0.15) is 0 Å². The Morgan fingerprint density at radius 1 is 1.14 bits per heavy atom. The molecule has 5 heteroatoms. The molecule has 1 amide bonds. The van der Waals surface area contributed by atoms with Crippen molar-refractivity contribution in [2.75, 3.05) is 26.3 Å². The first-order valence-electron chi connectivity index (χ1n) is 6.78. The third-order valence-corrected chi connectivity index (χ3v) is 3.14. The standard InChI is InChI=1S/C16H18N2O3/c19-11-9-18(10-12-20)16(21)6-5-13-7-8-17-15-4-2-1-3-14(13)15/h1-8,19-20H,9-12H2/b6-5+.